The first-order valence-electron chi connectivity index (χ1n) is 6.43. The summed E-state index contributed by atoms with van der Waals surface area (Å²) in [5.41, 5.74) is 0.969. The van der Waals surface area contributed by atoms with Crippen LogP contribution in [-0.2, 0) is 11.3 Å². The van der Waals surface area contributed by atoms with E-state index in [1.54, 1.807) is 12.4 Å². The molecule has 100 valence electrons. The molecule has 0 saturated carbocycles. The van der Waals surface area contributed by atoms with Crippen LogP contribution in [0.2, 0.25) is 0 Å². The van der Waals surface area contributed by atoms with Gasteiger partial charge in [0.2, 0.25) is 0 Å². The fourth-order valence-corrected chi connectivity index (χ4v) is 2.22. The molecule has 0 aliphatic carbocycles. The van der Waals surface area contributed by atoms with Crippen molar-refractivity contribution in [3.63, 3.8) is 0 Å². The number of ether oxygens (including phenoxy) is 1. The van der Waals surface area contributed by atoms with Crippen molar-refractivity contribution < 1.29 is 4.74 Å². The maximum atomic E-state index is 5.77. The lowest BCUT2D eigenvalue weighted by Crippen LogP contribution is -2.38. The number of aromatic amines is 1. The van der Waals surface area contributed by atoms with Crippen molar-refractivity contribution in [2.45, 2.75) is 19.6 Å². The Bertz CT molecular complexity index is 528. The molecule has 1 fully saturated rings. The fraction of sp³-hybridized carbons (Fsp3) is 0.462. The fourth-order valence-electron chi connectivity index (χ4n) is 2.22. The second kappa shape index (κ2) is 5.46. The summed E-state index contributed by atoms with van der Waals surface area (Å²) in [5, 5.41) is 0. The van der Waals surface area contributed by atoms with E-state index in [9.17, 15) is 0 Å². The third kappa shape index (κ3) is 2.97. The second-order valence-corrected chi connectivity index (χ2v) is 4.69. The molecule has 6 nitrogen and oxygen atoms in total. The number of hydrogen-bond donors (Lipinski definition) is 1. The monoisotopic (exact) mass is 259 g/mol. The molecule has 0 spiro atoms. The van der Waals surface area contributed by atoms with Crippen LogP contribution in [0.3, 0.4) is 0 Å². The van der Waals surface area contributed by atoms with Crippen molar-refractivity contribution in [3.8, 4) is 0 Å². The lowest BCUT2D eigenvalue weighted by molar-refractivity contribution is -0.0379. The van der Waals surface area contributed by atoms with Gasteiger partial charge in [-0.25, -0.2) is 15.0 Å². The van der Waals surface area contributed by atoms with Crippen molar-refractivity contribution in [1.82, 2.24) is 24.8 Å². The molecular formula is C13H17N5O. The number of hydrogen-bond acceptors (Lipinski definition) is 5. The number of morpholine rings is 1. The smallest absolute Gasteiger partial charge is 0.158 e. The third-order valence-corrected chi connectivity index (χ3v) is 3.18. The van der Waals surface area contributed by atoms with E-state index in [0.717, 1.165) is 37.0 Å². The van der Waals surface area contributed by atoms with Crippen molar-refractivity contribution in [1.29, 1.82) is 0 Å². The van der Waals surface area contributed by atoms with E-state index in [-0.39, 0.29) is 6.10 Å². The largest absolute Gasteiger partial charge is 0.368 e. The van der Waals surface area contributed by atoms with Crippen LogP contribution in [0, 0.1) is 6.92 Å². The maximum Gasteiger partial charge on any atom is 0.158 e. The van der Waals surface area contributed by atoms with E-state index >= 15 is 0 Å². The molecule has 1 atom stereocenters. The summed E-state index contributed by atoms with van der Waals surface area (Å²) < 4.78 is 5.77. The third-order valence-electron chi connectivity index (χ3n) is 3.18. The van der Waals surface area contributed by atoms with E-state index < -0.39 is 0 Å². The molecule has 0 amide bonds. The summed E-state index contributed by atoms with van der Waals surface area (Å²) in [6, 6.07) is 1.90. The van der Waals surface area contributed by atoms with E-state index in [1.807, 2.05) is 19.2 Å². The quantitative estimate of drug-likeness (QED) is 0.893. The van der Waals surface area contributed by atoms with Gasteiger partial charge in [-0.2, -0.15) is 0 Å². The zero-order valence-electron chi connectivity index (χ0n) is 10.9. The molecule has 0 bridgehead atoms. The van der Waals surface area contributed by atoms with Crippen LogP contribution in [-0.4, -0.2) is 44.5 Å². The number of rotatable bonds is 3. The van der Waals surface area contributed by atoms with Crippen LogP contribution >= 0.6 is 0 Å². The van der Waals surface area contributed by atoms with Crippen molar-refractivity contribution in [2.75, 3.05) is 19.7 Å². The molecule has 1 N–H and O–H groups in total. The Morgan fingerprint density at radius 3 is 3.16 bits per heavy atom. The SMILES string of the molecule is Cc1ccnc([C@H]2CN(Cc3ncc[nH]3)CCO2)n1. The topological polar surface area (TPSA) is 66.9 Å². The van der Waals surface area contributed by atoms with Gasteiger partial charge in [-0.05, 0) is 13.0 Å². The highest BCUT2D eigenvalue weighted by Crippen LogP contribution is 2.19. The highest BCUT2D eigenvalue weighted by atomic mass is 16.5. The molecule has 1 aliphatic heterocycles. The van der Waals surface area contributed by atoms with Crippen LogP contribution in [0.1, 0.15) is 23.4 Å². The predicted molar refractivity (Wildman–Crippen MR) is 69.3 cm³/mol. The van der Waals surface area contributed by atoms with E-state index in [0.29, 0.717) is 6.61 Å². The van der Waals surface area contributed by atoms with Gasteiger partial charge in [-0.15, -0.1) is 0 Å². The molecule has 6 heteroatoms. The van der Waals surface area contributed by atoms with E-state index in [4.69, 9.17) is 4.74 Å². The second-order valence-electron chi connectivity index (χ2n) is 4.69. The Kier molecular flexibility index (Phi) is 3.52. The van der Waals surface area contributed by atoms with Crippen LogP contribution in [0.25, 0.3) is 0 Å². The summed E-state index contributed by atoms with van der Waals surface area (Å²) in [5.74, 6) is 1.75. The van der Waals surface area contributed by atoms with Crippen LogP contribution in [0.5, 0.6) is 0 Å². The average Bonchev–Trinajstić information content (AvgIpc) is 2.92. The maximum absolute atomic E-state index is 5.77. The number of aryl methyl sites for hydroxylation is 1. The molecule has 0 unspecified atom stereocenters. The lowest BCUT2D eigenvalue weighted by Gasteiger charge is -2.31. The van der Waals surface area contributed by atoms with Gasteiger partial charge >= 0.3 is 0 Å². The van der Waals surface area contributed by atoms with Gasteiger partial charge in [0.1, 0.15) is 11.9 Å². The molecule has 3 rings (SSSR count). The van der Waals surface area contributed by atoms with Gasteiger partial charge in [0.05, 0.1) is 13.2 Å². The van der Waals surface area contributed by atoms with Gasteiger partial charge in [0.15, 0.2) is 5.82 Å². The first-order chi connectivity index (χ1) is 9.31. The first kappa shape index (κ1) is 12.3. The Balaban J connectivity index is 1.67. The van der Waals surface area contributed by atoms with Gasteiger partial charge in [-0.1, -0.05) is 0 Å². The average molecular weight is 259 g/mol. The first-order valence-corrected chi connectivity index (χ1v) is 6.43. The van der Waals surface area contributed by atoms with Crippen LogP contribution in [0.4, 0.5) is 0 Å². The minimum absolute atomic E-state index is 0.0522. The Hall–Kier alpha value is -1.79. The molecule has 0 aromatic carbocycles. The zero-order chi connectivity index (χ0) is 13.1. The number of imidazole rings is 1. The molecule has 2 aromatic heterocycles. The van der Waals surface area contributed by atoms with Crippen molar-refractivity contribution in [2.24, 2.45) is 0 Å². The highest BCUT2D eigenvalue weighted by Gasteiger charge is 2.24. The predicted octanol–water partition coefficient (Wildman–Crippen LogP) is 1.08. The van der Waals surface area contributed by atoms with Crippen molar-refractivity contribution >= 4 is 0 Å². The van der Waals surface area contributed by atoms with E-state index in [2.05, 4.69) is 24.8 Å². The van der Waals surface area contributed by atoms with Crippen molar-refractivity contribution in [3.05, 3.63) is 42.0 Å². The molecule has 3 heterocycles. The molecule has 2 aromatic rings. The number of nitrogens with one attached hydrogen (secondary N) is 1. The van der Waals surface area contributed by atoms with Crippen LogP contribution in [0.15, 0.2) is 24.7 Å². The van der Waals surface area contributed by atoms with Crippen LogP contribution < -0.4 is 0 Å². The summed E-state index contributed by atoms with van der Waals surface area (Å²) in [6.45, 7) is 5.17. The number of nitrogens with zero attached hydrogens (tertiary/aromatic N) is 4. The van der Waals surface area contributed by atoms with Gasteiger partial charge in [-0.3, -0.25) is 4.90 Å². The summed E-state index contributed by atoms with van der Waals surface area (Å²) >= 11 is 0. The number of H-pyrrole nitrogens is 1. The Morgan fingerprint density at radius 2 is 2.37 bits per heavy atom. The molecule has 1 saturated heterocycles. The Morgan fingerprint density at radius 1 is 1.42 bits per heavy atom. The zero-order valence-corrected chi connectivity index (χ0v) is 10.9. The molecule has 19 heavy (non-hydrogen) atoms. The molecule has 1 aliphatic rings. The lowest BCUT2D eigenvalue weighted by atomic mass is 10.2. The Labute approximate surface area is 111 Å². The summed E-state index contributed by atoms with van der Waals surface area (Å²) in [7, 11) is 0. The standard InChI is InChI=1S/C13H17N5O/c1-10-2-3-16-13(17-10)11-8-18(6-7-19-11)9-12-14-4-5-15-12/h2-5,11H,6-9H2,1H3,(H,14,15)/t11-/m1/s1. The minimum Gasteiger partial charge on any atom is -0.368 e. The molecular weight excluding hydrogens is 242 g/mol. The van der Waals surface area contributed by atoms with Gasteiger partial charge in [0.25, 0.3) is 0 Å². The minimum atomic E-state index is -0.0522. The normalized spacial score (nSPS) is 20.6. The molecule has 0 radical (unpaired) electrons. The summed E-state index contributed by atoms with van der Waals surface area (Å²) in [4.78, 5) is 18.4. The van der Waals surface area contributed by atoms with Gasteiger partial charge in [0, 0.05) is 37.4 Å². The number of aromatic nitrogens is 4. The summed E-state index contributed by atoms with van der Waals surface area (Å²) in [6.07, 6.45) is 5.35. The van der Waals surface area contributed by atoms with E-state index in [1.165, 1.54) is 0 Å². The van der Waals surface area contributed by atoms with Gasteiger partial charge < -0.3 is 9.72 Å². The highest BCUT2D eigenvalue weighted by molar-refractivity contribution is 5.03.